The van der Waals surface area contributed by atoms with Crippen LogP contribution in [0.15, 0.2) is 22.7 Å². The molecule has 0 bridgehead atoms. The average molecular weight is 299 g/mol. The predicted octanol–water partition coefficient (Wildman–Crippen LogP) is 2.51. The zero-order valence-corrected chi connectivity index (χ0v) is 11.7. The maximum absolute atomic E-state index is 10.0. The zero-order chi connectivity index (χ0) is 12.3. The number of phenols is 1. The van der Waals surface area contributed by atoms with Gasteiger partial charge in [0, 0.05) is 42.3 Å². The van der Waals surface area contributed by atoms with Gasteiger partial charge in [0.1, 0.15) is 5.75 Å². The molecule has 0 radical (unpaired) electrons. The average Bonchev–Trinajstić information content (AvgIpc) is 2.36. The molecule has 0 aromatic heterocycles. The molecule has 2 rings (SSSR count). The first-order valence-electron chi connectivity index (χ1n) is 6.15. The largest absolute Gasteiger partial charge is 0.508 e. The molecule has 4 heteroatoms. The standard InChI is InChI=1S/C13H19BrN2O/c1-2-12(16-7-5-15-6-8-16)11-9-10(14)3-4-13(11)17/h3-4,9,12,15,17H,2,5-8H2,1H3. The summed E-state index contributed by atoms with van der Waals surface area (Å²) in [6.07, 6.45) is 1.02. The predicted molar refractivity (Wildman–Crippen MR) is 73.3 cm³/mol. The molecule has 1 heterocycles. The number of nitrogens with one attached hydrogen (secondary N) is 1. The minimum Gasteiger partial charge on any atom is -0.508 e. The highest BCUT2D eigenvalue weighted by Crippen LogP contribution is 2.33. The van der Waals surface area contributed by atoms with Gasteiger partial charge < -0.3 is 10.4 Å². The van der Waals surface area contributed by atoms with E-state index in [1.807, 2.05) is 12.1 Å². The number of aromatic hydroxyl groups is 1. The van der Waals surface area contributed by atoms with E-state index in [9.17, 15) is 5.11 Å². The molecule has 1 fully saturated rings. The number of phenolic OH excluding ortho intramolecular Hbond substituents is 1. The van der Waals surface area contributed by atoms with Crippen LogP contribution in [-0.2, 0) is 0 Å². The Morgan fingerprint density at radius 3 is 2.76 bits per heavy atom. The van der Waals surface area contributed by atoms with Crippen molar-refractivity contribution in [3.63, 3.8) is 0 Å². The topological polar surface area (TPSA) is 35.5 Å². The lowest BCUT2D eigenvalue weighted by Crippen LogP contribution is -2.45. The van der Waals surface area contributed by atoms with E-state index in [0.717, 1.165) is 42.6 Å². The molecule has 2 N–H and O–H groups in total. The molecule has 0 aliphatic carbocycles. The second-order valence-electron chi connectivity index (χ2n) is 4.41. The van der Waals surface area contributed by atoms with Crippen molar-refractivity contribution in [1.29, 1.82) is 0 Å². The Bertz CT molecular complexity index is 378. The van der Waals surface area contributed by atoms with Crippen LogP contribution in [-0.4, -0.2) is 36.2 Å². The van der Waals surface area contributed by atoms with Crippen LogP contribution in [0.1, 0.15) is 24.9 Å². The smallest absolute Gasteiger partial charge is 0.120 e. The molecule has 1 unspecified atom stereocenters. The molecule has 1 saturated heterocycles. The lowest BCUT2D eigenvalue weighted by Gasteiger charge is -2.35. The van der Waals surface area contributed by atoms with E-state index in [-0.39, 0.29) is 0 Å². The minimum atomic E-state index is 0.314. The zero-order valence-electron chi connectivity index (χ0n) is 10.1. The molecule has 1 aromatic rings. The maximum Gasteiger partial charge on any atom is 0.120 e. The van der Waals surface area contributed by atoms with Crippen LogP contribution in [0.4, 0.5) is 0 Å². The fraction of sp³-hybridized carbons (Fsp3) is 0.538. The number of halogens is 1. The van der Waals surface area contributed by atoms with Gasteiger partial charge in [0.25, 0.3) is 0 Å². The maximum atomic E-state index is 10.0. The summed E-state index contributed by atoms with van der Waals surface area (Å²) < 4.78 is 1.03. The Labute approximate surface area is 111 Å². The van der Waals surface area contributed by atoms with Crippen molar-refractivity contribution in [3.8, 4) is 5.75 Å². The Kier molecular flexibility index (Phi) is 4.42. The monoisotopic (exact) mass is 298 g/mol. The fourth-order valence-corrected chi connectivity index (χ4v) is 2.84. The van der Waals surface area contributed by atoms with Gasteiger partial charge in [0.2, 0.25) is 0 Å². The van der Waals surface area contributed by atoms with Crippen LogP contribution in [0.5, 0.6) is 5.75 Å². The second-order valence-corrected chi connectivity index (χ2v) is 5.33. The van der Waals surface area contributed by atoms with Crippen molar-refractivity contribution in [2.24, 2.45) is 0 Å². The van der Waals surface area contributed by atoms with Crippen LogP contribution in [0.3, 0.4) is 0 Å². The third kappa shape index (κ3) is 3.00. The summed E-state index contributed by atoms with van der Waals surface area (Å²) >= 11 is 3.48. The van der Waals surface area contributed by atoms with Crippen molar-refractivity contribution < 1.29 is 5.11 Å². The van der Waals surface area contributed by atoms with Crippen LogP contribution in [0.2, 0.25) is 0 Å². The van der Waals surface area contributed by atoms with Crippen LogP contribution >= 0.6 is 15.9 Å². The van der Waals surface area contributed by atoms with Gasteiger partial charge in [0.15, 0.2) is 0 Å². The van der Waals surface area contributed by atoms with Gasteiger partial charge in [-0.25, -0.2) is 0 Å². The molecule has 0 amide bonds. The summed E-state index contributed by atoms with van der Waals surface area (Å²) in [4.78, 5) is 2.44. The van der Waals surface area contributed by atoms with Gasteiger partial charge >= 0.3 is 0 Å². The molecule has 94 valence electrons. The summed E-state index contributed by atoms with van der Waals surface area (Å²) in [5.41, 5.74) is 1.03. The second kappa shape index (κ2) is 5.85. The summed E-state index contributed by atoms with van der Waals surface area (Å²) in [5, 5.41) is 13.4. The molecule has 1 atom stereocenters. The van der Waals surface area contributed by atoms with Gasteiger partial charge in [-0.2, -0.15) is 0 Å². The van der Waals surface area contributed by atoms with Crippen LogP contribution in [0.25, 0.3) is 0 Å². The first-order chi connectivity index (χ1) is 8.22. The van der Waals surface area contributed by atoms with E-state index in [2.05, 4.69) is 33.1 Å². The van der Waals surface area contributed by atoms with Gasteiger partial charge in [-0.3, -0.25) is 4.90 Å². The molecule has 0 spiro atoms. The minimum absolute atomic E-state index is 0.314. The Morgan fingerprint density at radius 1 is 1.41 bits per heavy atom. The molecular weight excluding hydrogens is 280 g/mol. The summed E-state index contributed by atoms with van der Waals surface area (Å²) in [5.74, 6) is 0.401. The van der Waals surface area contributed by atoms with Gasteiger partial charge in [0.05, 0.1) is 0 Å². The van der Waals surface area contributed by atoms with E-state index in [1.54, 1.807) is 6.07 Å². The number of rotatable bonds is 3. The van der Waals surface area contributed by atoms with E-state index >= 15 is 0 Å². The van der Waals surface area contributed by atoms with E-state index in [0.29, 0.717) is 11.8 Å². The van der Waals surface area contributed by atoms with E-state index < -0.39 is 0 Å². The summed E-state index contributed by atoms with van der Waals surface area (Å²) in [6.45, 7) is 6.33. The highest BCUT2D eigenvalue weighted by atomic mass is 79.9. The third-order valence-electron chi connectivity index (χ3n) is 3.33. The Hall–Kier alpha value is -0.580. The highest BCUT2D eigenvalue weighted by molar-refractivity contribution is 9.10. The summed E-state index contributed by atoms with van der Waals surface area (Å²) in [7, 11) is 0. The fourth-order valence-electron chi connectivity index (χ4n) is 2.46. The Balaban J connectivity index is 2.24. The molecule has 0 saturated carbocycles. The number of hydrogen-bond acceptors (Lipinski definition) is 3. The van der Waals surface area contributed by atoms with E-state index in [4.69, 9.17) is 0 Å². The number of hydrogen-bond donors (Lipinski definition) is 2. The van der Waals surface area contributed by atoms with Gasteiger partial charge in [-0.15, -0.1) is 0 Å². The van der Waals surface area contributed by atoms with Crippen molar-refractivity contribution in [2.45, 2.75) is 19.4 Å². The van der Waals surface area contributed by atoms with Crippen molar-refractivity contribution in [2.75, 3.05) is 26.2 Å². The van der Waals surface area contributed by atoms with Crippen molar-refractivity contribution in [1.82, 2.24) is 10.2 Å². The van der Waals surface area contributed by atoms with Gasteiger partial charge in [-0.1, -0.05) is 22.9 Å². The molecule has 3 nitrogen and oxygen atoms in total. The SMILES string of the molecule is CCC(c1cc(Br)ccc1O)N1CCNCC1. The van der Waals surface area contributed by atoms with Gasteiger partial charge in [-0.05, 0) is 24.6 Å². The molecule has 1 aliphatic rings. The lowest BCUT2D eigenvalue weighted by molar-refractivity contribution is 0.167. The van der Waals surface area contributed by atoms with E-state index in [1.165, 1.54) is 0 Å². The molecule has 1 aromatic carbocycles. The van der Waals surface area contributed by atoms with Crippen molar-refractivity contribution in [3.05, 3.63) is 28.2 Å². The number of nitrogens with zero attached hydrogens (tertiary/aromatic N) is 1. The molecule has 17 heavy (non-hydrogen) atoms. The Morgan fingerprint density at radius 2 is 2.12 bits per heavy atom. The highest BCUT2D eigenvalue weighted by Gasteiger charge is 2.22. The van der Waals surface area contributed by atoms with Crippen LogP contribution in [0, 0.1) is 0 Å². The molecular formula is C13H19BrN2O. The lowest BCUT2D eigenvalue weighted by atomic mass is 10.0. The number of piperazine rings is 1. The first-order valence-corrected chi connectivity index (χ1v) is 6.95. The summed E-state index contributed by atoms with van der Waals surface area (Å²) in [6, 6.07) is 5.99. The third-order valence-corrected chi connectivity index (χ3v) is 3.82. The quantitative estimate of drug-likeness (QED) is 0.900. The normalized spacial score (nSPS) is 19.2. The first kappa shape index (κ1) is 12.9. The van der Waals surface area contributed by atoms with Crippen LogP contribution < -0.4 is 5.32 Å². The molecule has 1 aliphatic heterocycles. The number of benzene rings is 1. The van der Waals surface area contributed by atoms with Crippen molar-refractivity contribution >= 4 is 15.9 Å².